The van der Waals surface area contributed by atoms with Crippen LogP contribution >= 0.6 is 0 Å². The van der Waals surface area contributed by atoms with Gasteiger partial charge in [0.1, 0.15) is 5.82 Å². The van der Waals surface area contributed by atoms with Gasteiger partial charge in [-0.25, -0.2) is 27.3 Å². The number of nitrogens with one attached hydrogen (secondary N) is 1. The summed E-state index contributed by atoms with van der Waals surface area (Å²) < 4.78 is 41.9. The van der Waals surface area contributed by atoms with E-state index in [0.29, 0.717) is 34.0 Å². The van der Waals surface area contributed by atoms with Gasteiger partial charge in [0.05, 0.1) is 11.1 Å². The van der Waals surface area contributed by atoms with Crippen molar-refractivity contribution < 1.29 is 12.8 Å². The van der Waals surface area contributed by atoms with Crippen molar-refractivity contribution in [3.63, 3.8) is 0 Å². The average Bonchev–Trinajstić information content (AvgIpc) is 3.17. The van der Waals surface area contributed by atoms with Gasteiger partial charge in [0.25, 0.3) is 0 Å². The first-order valence-electron chi connectivity index (χ1n) is 10.5. The highest BCUT2D eigenvalue weighted by molar-refractivity contribution is 7.89. The number of aryl methyl sites for hydroxylation is 1. The van der Waals surface area contributed by atoms with Crippen molar-refractivity contribution in [3.8, 4) is 11.4 Å². The largest absolute Gasteiger partial charge is 0.339 e. The van der Waals surface area contributed by atoms with E-state index in [4.69, 9.17) is 0 Å². The van der Waals surface area contributed by atoms with Gasteiger partial charge in [0, 0.05) is 29.2 Å². The standard InChI is InChI=1S/C25H20FN5O2S/c1-17-14-21-24(28-20-12-13-27-22(26)15-20)29-23(19-10-6-3-7-11-19)30-25(21)31(17)34(32,33)16-18-8-4-2-5-9-18/h2-15H,16H2,1H3,(H,27,28,29,30). The molecule has 0 bridgehead atoms. The molecule has 34 heavy (non-hydrogen) atoms. The fraction of sp³-hybridized carbons (Fsp3) is 0.0800. The highest BCUT2D eigenvalue weighted by Crippen LogP contribution is 2.31. The molecule has 0 saturated heterocycles. The van der Waals surface area contributed by atoms with Gasteiger partial charge in [0.2, 0.25) is 16.0 Å². The second-order valence-electron chi connectivity index (χ2n) is 7.78. The van der Waals surface area contributed by atoms with Crippen LogP contribution in [0.15, 0.2) is 85.1 Å². The number of anilines is 2. The number of nitrogens with zero attached hydrogens (tertiary/aromatic N) is 4. The van der Waals surface area contributed by atoms with Crippen LogP contribution in [-0.2, 0) is 15.8 Å². The number of benzene rings is 2. The lowest BCUT2D eigenvalue weighted by Gasteiger charge is -2.12. The smallest absolute Gasteiger partial charge is 0.244 e. The first kappa shape index (κ1) is 21.7. The number of aromatic nitrogens is 4. The van der Waals surface area contributed by atoms with Crippen LogP contribution < -0.4 is 5.32 Å². The first-order chi connectivity index (χ1) is 16.4. The predicted molar refractivity (Wildman–Crippen MR) is 130 cm³/mol. The number of pyridine rings is 1. The van der Waals surface area contributed by atoms with Crippen molar-refractivity contribution in [2.24, 2.45) is 0 Å². The SMILES string of the molecule is Cc1cc2c(Nc3ccnc(F)c3)nc(-c3ccccc3)nc2n1S(=O)(=O)Cc1ccccc1. The van der Waals surface area contributed by atoms with Crippen LogP contribution in [0.1, 0.15) is 11.3 Å². The summed E-state index contributed by atoms with van der Waals surface area (Å²) in [6.07, 6.45) is 1.34. The van der Waals surface area contributed by atoms with E-state index in [1.165, 1.54) is 16.2 Å². The lowest BCUT2D eigenvalue weighted by atomic mass is 10.2. The number of hydrogen-bond acceptors (Lipinski definition) is 6. The van der Waals surface area contributed by atoms with Gasteiger partial charge in [0.15, 0.2) is 11.5 Å². The van der Waals surface area contributed by atoms with Crippen LogP contribution in [0.5, 0.6) is 0 Å². The Hall–Kier alpha value is -4.11. The molecular weight excluding hydrogens is 453 g/mol. The van der Waals surface area contributed by atoms with E-state index in [0.717, 1.165) is 5.56 Å². The molecule has 3 aromatic heterocycles. The lowest BCUT2D eigenvalue weighted by Crippen LogP contribution is -2.17. The minimum absolute atomic E-state index is 0.179. The predicted octanol–water partition coefficient (Wildman–Crippen LogP) is 5.06. The quantitative estimate of drug-likeness (QED) is 0.347. The number of halogens is 1. The summed E-state index contributed by atoms with van der Waals surface area (Å²) in [6.45, 7) is 1.71. The molecule has 0 atom stereocenters. The molecule has 5 rings (SSSR count). The van der Waals surface area contributed by atoms with Gasteiger partial charge in [-0.15, -0.1) is 0 Å². The molecule has 170 valence electrons. The van der Waals surface area contributed by atoms with Crippen molar-refractivity contribution in [1.82, 2.24) is 18.9 Å². The van der Waals surface area contributed by atoms with Gasteiger partial charge in [-0.3, -0.25) is 0 Å². The highest BCUT2D eigenvalue weighted by Gasteiger charge is 2.24. The van der Waals surface area contributed by atoms with E-state index >= 15 is 0 Å². The van der Waals surface area contributed by atoms with E-state index in [9.17, 15) is 12.8 Å². The summed E-state index contributed by atoms with van der Waals surface area (Å²) >= 11 is 0. The molecule has 0 unspecified atom stereocenters. The van der Waals surface area contributed by atoms with Crippen LogP contribution in [0.4, 0.5) is 15.9 Å². The Bertz CT molecular complexity index is 1590. The van der Waals surface area contributed by atoms with Gasteiger partial charge >= 0.3 is 0 Å². The van der Waals surface area contributed by atoms with Gasteiger partial charge < -0.3 is 5.32 Å². The zero-order chi connectivity index (χ0) is 23.7. The molecule has 0 aliphatic carbocycles. The van der Waals surface area contributed by atoms with Crippen molar-refractivity contribution in [1.29, 1.82) is 0 Å². The number of fused-ring (bicyclic) bond motifs is 1. The normalized spacial score (nSPS) is 11.6. The zero-order valence-corrected chi connectivity index (χ0v) is 19.0. The van der Waals surface area contributed by atoms with Crippen molar-refractivity contribution in [2.45, 2.75) is 12.7 Å². The molecule has 1 N–H and O–H groups in total. The number of hydrogen-bond donors (Lipinski definition) is 1. The number of rotatable bonds is 6. The maximum absolute atomic E-state index is 13.7. The van der Waals surface area contributed by atoms with Gasteiger partial charge in [-0.2, -0.15) is 4.39 Å². The van der Waals surface area contributed by atoms with Crippen molar-refractivity contribution in [2.75, 3.05) is 5.32 Å². The zero-order valence-electron chi connectivity index (χ0n) is 18.2. The molecule has 0 saturated carbocycles. The maximum atomic E-state index is 13.7. The minimum Gasteiger partial charge on any atom is -0.339 e. The molecule has 2 aromatic carbocycles. The summed E-state index contributed by atoms with van der Waals surface area (Å²) in [5, 5.41) is 3.61. The first-order valence-corrected chi connectivity index (χ1v) is 12.1. The Labute approximate surface area is 196 Å². The maximum Gasteiger partial charge on any atom is 0.244 e. The second kappa shape index (κ2) is 8.68. The van der Waals surface area contributed by atoms with Crippen molar-refractivity contribution in [3.05, 3.63) is 102 Å². The molecule has 0 fully saturated rings. The molecule has 0 spiro atoms. The molecule has 5 aromatic rings. The highest BCUT2D eigenvalue weighted by atomic mass is 32.2. The molecule has 0 radical (unpaired) electrons. The summed E-state index contributed by atoms with van der Waals surface area (Å²) in [5.41, 5.74) is 2.57. The fourth-order valence-corrected chi connectivity index (χ4v) is 5.45. The molecule has 0 aliphatic rings. The van der Waals surface area contributed by atoms with E-state index in [-0.39, 0.29) is 11.4 Å². The monoisotopic (exact) mass is 473 g/mol. The van der Waals surface area contributed by atoms with Crippen molar-refractivity contribution >= 4 is 32.6 Å². The Balaban J connectivity index is 1.71. The van der Waals surface area contributed by atoms with Crippen LogP contribution in [0, 0.1) is 12.9 Å². The van der Waals surface area contributed by atoms with Gasteiger partial charge in [-0.1, -0.05) is 60.7 Å². The minimum atomic E-state index is -3.79. The summed E-state index contributed by atoms with van der Waals surface area (Å²) in [5.74, 6) is -0.107. The second-order valence-corrected chi connectivity index (χ2v) is 9.60. The lowest BCUT2D eigenvalue weighted by molar-refractivity contribution is 0.584. The van der Waals surface area contributed by atoms with Crippen LogP contribution in [0.2, 0.25) is 0 Å². The van der Waals surface area contributed by atoms with Crippen LogP contribution in [0.3, 0.4) is 0 Å². The average molecular weight is 474 g/mol. The third-order valence-electron chi connectivity index (χ3n) is 5.28. The molecular formula is C25H20FN5O2S. The van der Waals surface area contributed by atoms with E-state index in [1.54, 1.807) is 43.3 Å². The van der Waals surface area contributed by atoms with Gasteiger partial charge in [-0.05, 0) is 24.6 Å². The summed E-state index contributed by atoms with van der Waals surface area (Å²) in [4.78, 5) is 12.9. The van der Waals surface area contributed by atoms with E-state index in [1.807, 2.05) is 36.4 Å². The van der Waals surface area contributed by atoms with E-state index < -0.39 is 16.0 Å². The molecule has 3 heterocycles. The van der Waals surface area contributed by atoms with E-state index in [2.05, 4.69) is 20.3 Å². The third-order valence-corrected chi connectivity index (χ3v) is 7.00. The third kappa shape index (κ3) is 4.25. The summed E-state index contributed by atoms with van der Waals surface area (Å²) in [6, 6.07) is 22.8. The fourth-order valence-electron chi connectivity index (χ4n) is 3.81. The molecule has 0 amide bonds. The Morgan fingerprint density at radius 1 is 0.941 bits per heavy atom. The topological polar surface area (TPSA) is 89.8 Å². The Morgan fingerprint density at radius 3 is 2.35 bits per heavy atom. The molecule has 7 nitrogen and oxygen atoms in total. The molecule has 9 heteroatoms. The Morgan fingerprint density at radius 2 is 1.65 bits per heavy atom. The van der Waals surface area contributed by atoms with Crippen LogP contribution in [0.25, 0.3) is 22.4 Å². The Kier molecular flexibility index (Phi) is 5.54. The van der Waals surface area contributed by atoms with Crippen LogP contribution in [-0.4, -0.2) is 27.3 Å². The molecule has 0 aliphatic heterocycles. The summed E-state index contributed by atoms with van der Waals surface area (Å²) in [7, 11) is -3.79.